The van der Waals surface area contributed by atoms with Crippen molar-refractivity contribution in [2.75, 3.05) is 0 Å². The van der Waals surface area contributed by atoms with Gasteiger partial charge in [-0.1, -0.05) is 26.7 Å². The first kappa shape index (κ1) is 13.8. The van der Waals surface area contributed by atoms with E-state index in [4.69, 9.17) is 17.3 Å². The van der Waals surface area contributed by atoms with E-state index in [0.29, 0.717) is 0 Å². The minimum Gasteiger partial charge on any atom is -0.326 e. The Hall–Kier alpha value is -0.160. The Morgan fingerprint density at radius 2 is 1.79 bits per heavy atom. The zero-order chi connectivity index (χ0) is 11.0. The summed E-state index contributed by atoms with van der Waals surface area (Å²) in [6.45, 7) is 4.25. The second-order valence-corrected chi connectivity index (χ2v) is 3.98. The van der Waals surface area contributed by atoms with Gasteiger partial charge in [-0.2, -0.15) is 0 Å². The van der Waals surface area contributed by atoms with E-state index in [0.717, 1.165) is 25.7 Å². The number of unbranched alkanes of at least 4 members (excludes halogenated alkanes) is 1. The molecule has 86 valence electrons. The number of rotatable bonds is 8. The van der Waals surface area contributed by atoms with Gasteiger partial charge >= 0.3 is 0 Å². The van der Waals surface area contributed by atoms with Crippen molar-refractivity contribution in [3.8, 4) is 0 Å². The van der Waals surface area contributed by atoms with E-state index in [1.165, 1.54) is 6.42 Å². The molecule has 0 aromatic carbocycles. The molecule has 0 aliphatic carbocycles. The first-order valence-electron chi connectivity index (χ1n) is 5.62. The fourth-order valence-electron chi connectivity index (χ4n) is 1.51. The van der Waals surface area contributed by atoms with Gasteiger partial charge in [0.1, 0.15) is 0 Å². The Balaban J connectivity index is 3.74. The van der Waals surface area contributed by atoms with Crippen molar-refractivity contribution >= 4 is 0 Å². The van der Waals surface area contributed by atoms with Gasteiger partial charge in [0.25, 0.3) is 0 Å². The summed E-state index contributed by atoms with van der Waals surface area (Å²) in [5.41, 5.74) is 14.7. The third-order valence-corrected chi connectivity index (χ3v) is 2.73. The van der Waals surface area contributed by atoms with Gasteiger partial charge in [0, 0.05) is 18.1 Å². The molecule has 3 atom stereocenters. The maximum absolute atomic E-state index is 5.99. The summed E-state index contributed by atoms with van der Waals surface area (Å²) in [5.74, 6) is 5.39. The van der Waals surface area contributed by atoms with Gasteiger partial charge in [0.05, 0.1) is 0 Å². The van der Waals surface area contributed by atoms with E-state index in [-0.39, 0.29) is 18.1 Å². The summed E-state index contributed by atoms with van der Waals surface area (Å²) in [6, 6.07) is 0.456. The molecule has 0 radical (unpaired) electrons. The number of nitrogens with two attached hydrogens (primary N) is 3. The Morgan fingerprint density at radius 3 is 2.21 bits per heavy atom. The topological polar surface area (TPSA) is 90.1 Å². The fourth-order valence-corrected chi connectivity index (χ4v) is 1.51. The summed E-state index contributed by atoms with van der Waals surface area (Å²) in [4.78, 5) is 0. The molecule has 0 spiro atoms. The van der Waals surface area contributed by atoms with Crippen molar-refractivity contribution in [3.05, 3.63) is 0 Å². The molecule has 0 bridgehead atoms. The molecule has 0 heterocycles. The molecule has 0 rings (SSSR count). The Morgan fingerprint density at radius 1 is 1.14 bits per heavy atom. The fraction of sp³-hybridized carbons (Fsp3) is 1.00. The molecule has 4 heteroatoms. The van der Waals surface area contributed by atoms with Crippen LogP contribution in [0.3, 0.4) is 0 Å². The van der Waals surface area contributed by atoms with Crippen molar-refractivity contribution in [2.45, 2.75) is 64.1 Å². The molecule has 4 nitrogen and oxygen atoms in total. The van der Waals surface area contributed by atoms with Gasteiger partial charge in [-0.25, -0.2) is 0 Å². The van der Waals surface area contributed by atoms with Crippen LogP contribution in [0.5, 0.6) is 0 Å². The zero-order valence-electron chi connectivity index (χ0n) is 9.50. The minimum atomic E-state index is 0.0579. The predicted octanol–water partition coefficient (Wildman–Crippen LogP) is 0.463. The van der Waals surface area contributed by atoms with Crippen LogP contribution in [-0.2, 0) is 0 Å². The molecule has 0 aromatic heterocycles. The zero-order valence-corrected chi connectivity index (χ0v) is 9.50. The number of hydrogen-bond donors (Lipinski definition) is 4. The highest BCUT2D eigenvalue weighted by Gasteiger charge is 2.16. The summed E-state index contributed by atoms with van der Waals surface area (Å²) in [6.07, 6.45) is 5.19. The van der Waals surface area contributed by atoms with E-state index in [9.17, 15) is 0 Å². The lowest BCUT2D eigenvalue weighted by atomic mass is 9.96. The van der Waals surface area contributed by atoms with Gasteiger partial charge in [0.15, 0.2) is 0 Å². The van der Waals surface area contributed by atoms with E-state index in [1.54, 1.807) is 0 Å². The SMILES string of the molecule is CCCCC(N)C(N)CC(CC)NN. The molecule has 0 saturated heterocycles. The normalized spacial score (nSPS) is 17.8. The monoisotopic (exact) mass is 202 g/mol. The maximum Gasteiger partial charge on any atom is 0.0223 e. The van der Waals surface area contributed by atoms with Crippen LogP contribution in [0.2, 0.25) is 0 Å². The lowest BCUT2D eigenvalue weighted by Crippen LogP contribution is -2.47. The molecule has 14 heavy (non-hydrogen) atoms. The van der Waals surface area contributed by atoms with Crippen molar-refractivity contribution in [2.24, 2.45) is 17.3 Å². The lowest BCUT2D eigenvalue weighted by molar-refractivity contribution is 0.383. The summed E-state index contributed by atoms with van der Waals surface area (Å²) in [7, 11) is 0. The highest BCUT2D eigenvalue weighted by Crippen LogP contribution is 2.07. The molecule has 0 aliphatic rings. The highest BCUT2D eigenvalue weighted by molar-refractivity contribution is 4.80. The van der Waals surface area contributed by atoms with Crippen LogP contribution < -0.4 is 22.7 Å². The van der Waals surface area contributed by atoms with E-state index in [1.807, 2.05) is 0 Å². The first-order valence-corrected chi connectivity index (χ1v) is 5.62. The second kappa shape index (κ2) is 8.17. The van der Waals surface area contributed by atoms with Gasteiger partial charge in [-0.05, 0) is 19.3 Å². The average molecular weight is 202 g/mol. The molecule has 0 aromatic rings. The quantitative estimate of drug-likeness (QED) is 0.340. The standard InChI is InChI=1S/C10H26N4/c1-3-5-6-9(11)10(12)7-8(4-2)14-13/h8-10,14H,3-7,11-13H2,1-2H3. The van der Waals surface area contributed by atoms with Crippen molar-refractivity contribution in [1.29, 1.82) is 0 Å². The molecule has 0 amide bonds. The van der Waals surface area contributed by atoms with Crippen LogP contribution in [0.1, 0.15) is 46.0 Å². The van der Waals surface area contributed by atoms with Gasteiger partial charge in [-0.3, -0.25) is 11.3 Å². The van der Waals surface area contributed by atoms with Crippen LogP contribution in [0, 0.1) is 0 Å². The van der Waals surface area contributed by atoms with Crippen LogP contribution in [0.25, 0.3) is 0 Å². The average Bonchev–Trinajstić information content (AvgIpc) is 2.21. The van der Waals surface area contributed by atoms with Crippen LogP contribution in [-0.4, -0.2) is 18.1 Å². The third-order valence-electron chi connectivity index (χ3n) is 2.73. The van der Waals surface area contributed by atoms with Crippen LogP contribution >= 0.6 is 0 Å². The summed E-state index contributed by atoms with van der Waals surface area (Å²) >= 11 is 0. The number of hydrazine groups is 1. The van der Waals surface area contributed by atoms with Crippen LogP contribution in [0.15, 0.2) is 0 Å². The molecule has 0 saturated carbocycles. The summed E-state index contributed by atoms with van der Waals surface area (Å²) < 4.78 is 0. The van der Waals surface area contributed by atoms with Crippen molar-refractivity contribution in [3.63, 3.8) is 0 Å². The second-order valence-electron chi connectivity index (χ2n) is 3.98. The molecular weight excluding hydrogens is 176 g/mol. The maximum atomic E-state index is 5.99. The van der Waals surface area contributed by atoms with E-state index < -0.39 is 0 Å². The first-order chi connectivity index (χ1) is 6.65. The molecule has 0 fully saturated rings. The van der Waals surface area contributed by atoms with E-state index >= 15 is 0 Å². The van der Waals surface area contributed by atoms with Crippen LogP contribution in [0.4, 0.5) is 0 Å². The van der Waals surface area contributed by atoms with Crippen molar-refractivity contribution < 1.29 is 0 Å². The Kier molecular flexibility index (Phi) is 8.08. The van der Waals surface area contributed by atoms with Gasteiger partial charge < -0.3 is 11.5 Å². The van der Waals surface area contributed by atoms with Gasteiger partial charge in [-0.15, -0.1) is 0 Å². The van der Waals surface area contributed by atoms with Gasteiger partial charge in [0.2, 0.25) is 0 Å². The Bertz CT molecular complexity index is 125. The van der Waals surface area contributed by atoms with E-state index in [2.05, 4.69) is 19.3 Å². The number of nitrogens with one attached hydrogen (secondary N) is 1. The predicted molar refractivity (Wildman–Crippen MR) is 61.5 cm³/mol. The molecule has 3 unspecified atom stereocenters. The minimum absolute atomic E-state index is 0.0579. The summed E-state index contributed by atoms with van der Waals surface area (Å²) in [5, 5.41) is 0. The lowest BCUT2D eigenvalue weighted by Gasteiger charge is -2.23. The smallest absolute Gasteiger partial charge is 0.0223 e. The number of hydrogen-bond acceptors (Lipinski definition) is 4. The largest absolute Gasteiger partial charge is 0.326 e. The van der Waals surface area contributed by atoms with Crippen molar-refractivity contribution in [1.82, 2.24) is 5.43 Å². The molecule has 0 aliphatic heterocycles. The molecular formula is C10H26N4. The highest BCUT2D eigenvalue weighted by atomic mass is 15.2. The third kappa shape index (κ3) is 5.54. The Labute approximate surface area is 87.6 Å². The molecule has 7 N–H and O–H groups in total.